The molecule has 140 valence electrons. The van der Waals surface area contributed by atoms with Gasteiger partial charge in [-0.2, -0.15) is 5.26 Å². The number of hydrogen-bond donors (Lipinski definition) is 0. The van der Waals surface area contributed by atoms with Crippen LogP contribution in [0.15, 0.2) is 34.2 Å². The molecular formula is C20H23N5OS. The molecule has 0 atom stereocenters. The van der Waals surface area contributed by atoms with Crippen molar-refractivity contribution in [3.63, 3.8) is 0 Å². The fraction of sp³-hybridized carbons (Fsp3) is 0.400. The number of aryl methyl sites for hydroxylation is 1. The topological polar surface area (TPSA) is 76.5 Å². The van der Waals surface area contributed by atoms with E-state index >= 15 is 0 Å². The van der Waals surface area contributed by atoms with Gasteiger partial charge in [-0.25, -0.2) is 9.97 Å². The van der Waals surface area contributed by atoms with E-state index in [9.17, 15) is 4.79 Å². The monoisotopic (exact) mass is 381 g/mol. The third-order valence-electron chi connectivity index (χ3n) is 4.66. The summed E-state index contributed by atoms with van der Waals surface area (Å²) in [6.07, 6.45) is 2.21. The molecule has 1 aromatic carbocycles. The van der Waals surface area contributed by atoms with Crippen molar-refractivity contribution in [3.05, 3.63) is 51.8 Å². The van der Waals surface area contributed by atoms with E-state index in [1.54, 1.807) is 17.8 Å². The molecule has 0 aliphatic carbocycles. The van der Waals surface area contributed by atoms with Gasteiger partial charge < -0.3 is 4.57 Å². The van der Waals surface area contributed by atoms with Crippen LogP contribution >= 0.6 is 11.8 Å². The summed E-state index contributed by atoms with van der Waals surface area (Å²) < 4.78 is 3.70. The fourth-order valence-electron chi connectivity index (χ4n) is 3.00. The van der Waals surface area contributed by atoms with Gasteiger partial charge in [-0.05, 0) is 32.4 Å². The Labute approximate surface area is 162 Å². The highest BCUT2D eigenvalue weighted by molar-refractivity contribution is 7.98. The van der Waals surface area contributed by atoms with Crippen molar-refractivity contribution in [2.45, 2.75) is 57.6 Å². The maximum atomic E-state index is 12.8. The molecule has 2 aromatic heterocycles. The SMILES string of the molecule is CCCCn1c(SCc2nc3ccccc3c(=O)n2CC#N)nc(C)c1C. The average molecular weight is 382 g/mol. The lowest BCUT2D eigenvalue weighted by molar-refractivity contribution is 0.575. The number of unbranched alkanes of at least 4 members (excludes halogenated alkanes) is 1. The van der Waals surface area contributed by atoms with Crippen LogP contribution in [0.2, 0.25) is 0 Å². The smallest absolute Gasteiger partial charge is 0.262 e. The first kappa shape index (κ1) is 19.2. The Balaban J connectivity index is 1.96. The Bertz CT molecular complexity index is 1060. The van der Waals surface area contributed by atoms with E-state index in [0.29, 0.717) is 22.5 Å². The molecule has 7 heteroatoms. The van der Waals surface area contributed by atoms with Crippen LogP contribution in [0.3, 0.4) is 0 Å². The first-order chi connectivity index (χ1) is 13.1. The molecule has 0 fully saturated rings. The largest absolute Gasteiger partial charge is 0.323 e. The van der Waals surface area contributed by atoms with Crippen LogP contribution in [0.5, 0.6) is 0 Å². The Morgan fingerprint density at radius 1 is 1.19 bits per heavy atom. The van der Waals surface area contributed by atoms with Gasteiger partial charge in [0.2, 0.25) is 0 Å². The minimum absolute atomic E-state index is 0.00507. The summed E-state index contributed by atoms with van der Waals surface area (Å²) in [5.41, 5.74) is 2.69. The van der Waals surface area contributed by atoms with Crippen molar-refractivity contribution < 1.29 is 0 Å². The number of rotatable bonds is 7. The van der Waals surface area contributed by atoms with Gasteiger partial charge in [0.15, 0.2) is 5.16 Å². The van der Waals surface area contributed by atoms with Gasteiger partial charge in [0.05, 0.1) is 28.4 Å². The number of hydrogen-bond acceptors (Lipinski definition) is 5. The normalized spacial score (nSPS) is 11.0. The molecule has 3 aromatic rings. The van der Waals surface area contributed by atoms with E-state index in [1.165, 1.54) is 10.3 Å². The van der Waals surface area contributed by atoms with Crippen molar-refractivity contribution in [3.8, 4) is 6.07 Å². The van der Waals surface area contributed by atoms with Crippen molar-refractivity contribution in [1.29, 1.82) is 5.26 Å². The van der Waals surface area contributed by atoms with Crippen molar-refractivity contribution in [2.75, 3.05) is 0 Å². The van der Waals surface area contributed by atoms with Crippen LogP contribution in [-0.4, -0.2) is 19.1 Å². The lowest BCUT2D eigenvalue weighted by atomic mass is 10.2. The van der Waals surface area contributed by atoms with Crippen LogP contribution in [0.25, 0.3) is 10.9 Å². The molecular weight excluding hydrogens is 358 g/mol. The summed E-state index contributed by atoms with van der Waals surface area (Å²) in [7, 11) is 0. The molecule has 0 aliphatic heterocycles. The van der Waals surface area contributed by atoms with Gasteiger partial charge in [-0.1, -0.05) is 37.2 Å². The van der Waals surface area contributed by atoms with E-state index in [4.69, 9.17) is 5.26 Å². The molecule has 27 heavy (non-hydrogen) atoms. The molecule has 0 saturated carbocycles. The summed E-state index contributed by atoms with van der Waals surface area (Å²) in [5, 5.41) is 10.6. The fourth-order valence-corrected chi connectivity index (χ4v) is 4.06. The Morgan fingerprint density at radius 3 is 2.70 bits per heavy atom. The minimum atomic E-state index is -0.167. The number of imidazole rings is 1. The first-order valence-corrected chi connectivity index (χ1v) is 10.1. The summed E-state index contributed by atoms with van der Waals surface area (Å²) in [6.45, 7) is 7.20. The second-order valence-corrected chi connectivity index (χ2v) is 7.40. The van der Waals surface area contributed by atoms with Gasteiger partial charge in [0, 0.05) is 12.2 Å². The maximum Gasteiger partial charge on any atom is 0.262 e. The highest BCUT2D eigenvalue weighted by Gasteiger charge is 2.15. The zero-order valence-electron chi connectivity index (χ0n) is 15.9. The zero-order valence-corrected chi connectivity index (χ0v) is 16.7. The predicted molar refractivity (Wildman–Crippen MR) is 108 cm³/mol. The second kappa shape index (κ2) is 8.40. The molecule has 2 heterocycles. The predicted octanol–water partition coefficient (Wildman–Crippen LogP) is 3.83. The number of aromatic nitrogens is 4. The molecule has 0 unspecified atom stereocenters. The molecule has 0 spiro atoms. The number of nitrogens with zero attached hydrogens (tertiary/aromatic N) is 5. The summed E-state index contributed by atoms with van der Waals surface area (Å²) >= 11 is 1.56. The molecule has 0 N–H and O–H groups in total. The highest BCUT2D eigenvalue weighted by Crippen LogP contribution is 2.25. The Kier molecular flexibility index (Phi) is 5.97. The number of fused-ring (bicyclic) bond motifs is 1. The summed E-state index contributed by atoms with van der Waals surface area (Å²) in [4.78, 5) is 22.1. The van der Waals surface area contributed by atoms with Gasteiger partial charge >= 0.3 is 0 Å². The van der Waals surface area contributed by atoms with Crippen LogP contribution in [-0.2, 0) is 18.8 Å². The van der Waals surface area contributed by atoms with Gasteiger partial charge in [-0.3, -0.25) is 9.36 Å². The number of nitriles is 1. The van der Waals surface area contributed by atoms with Crippen molar-refractivity contribution >= 4 is 22.7 Å². The van der Waals surface area contributed by atoms with Gasteiger partial charge in [0.1, 0.15) is 12.4 Å². The van der Waals surface area contributed by atoms with Crippen molar-refractivity contribution in [1.82, 2.24) is 19.1 Å². The summed E-state index contributed by atoms with van der Waals surface area (Å²) in [6, 6.07) is 9.33. The average Bonchev–Trinajstić information content (AvgIpc) is 2.94. The maximum absolute atomic E-state index is 12.8. The van der Waals surface area contributed by atoms with E-state index in [1.807, 2.05) is 25.1 Å². The highest BCUT2D eigenvalue weighted by atomic mass is 32.2. The molecule has 0 radical (unpaired) electrons. The van der Waals surface area contributed by atoms with E-state index in [2.05, 4.69) is 34.5 Å². The minimum Gasteiger partial charge on any atom is -0.323 e. The van der Waals surface area contributed by atoms with Crippen LogP contribution in [0.4, 0.5) is 0 Å². The number of para-hydroxylation sites is 1. The van der Waals surface area contributed by atoms with E-state index < -0.39 is 0 Å². The molecule has 0 aliphatic rings. The van der Waals surface area contributed by atoms with E-state index in [0.717, 1.165) is 30.2 Å². The second-order valence-electron chi connectivity index (χ2n) is 6.45. The van der Waals surface area contributed by atoms with Gasteiger partial charge in [0.25, 0.3) is 5.56 Å². The Hall–Kier alpha value is -2.59. The van der Waals surface area contributed by atoms with E-state index in [-0.39, 0.29) is 12.1 Å². The lowest BCUT2D eigenvalue weighted by Gasteiger charge is -2.12. The third kappa shape index (κ3) is 3.91. The lowest BCUT2D eigenvalue weighted by Crippen LogP contribution is -2.24. The number of thioether (sulfide) groups is 1. The standard InChI is InChI=1S/C20H23N5OS/c1-4-5-11-24-15(3)14(2)22-20(24)27-13-18-23-17-9-7-6-8-16(17)19(26)25(18)12-10-21/h6-9H,4-5,11-13H2,1-3H3. The molecule has 3 rings (SSSR count). The molecule has 0 amide bonds. The molecule has 6 nitrogen and oxygen atoms in total. The Morgan fingerprint density at radius 2 is 1.96 bits per heavy atom. The number of benzene rings is 1. The third-order valence-corrected chi connectivity index (χ3v) is 5.63. The van der Waals surface area contributed by atoms with Crippen LogP contribution in [0.1, 0.15) is 37.0 Å². The summed E-state index contributed by atoms with van der Waals surface area (Å²) in [5.74, 6) is 1.09. The van der Waals surface area contributed by atoms with Gasteiger partial charge in [-0.15, -0.1) is 0 Å². The molecule has 0 saturated heterocycles. The quantitative estimate of drug-likeness (QED) is 0.581. The molecule has 0 bridgehead atoms. The van der Waals surface area contributed by atoms with Crippen LogP contribution in [0, 0.1) is 25.2 Å². The zero-order chi connectivity index (χ0) is 19.4. The first-order valence-electron chi connectivity index (χ1n) is 9.08. The van der Waals surface area contributed by atoms with Crippen LogP contribution < -0.4 is 5.56 Å². The van der Waals surface area contributed by atoms with Crippen molar-refractivity contribution in [2.24, 2.45) is 0 Å².